The Kier molecular flexibility index (Phi) is 4.00. The van der Waals surface area contributed by atoms with Crippen molar-refractivity contribution in [3.63, 3.8) is 0 Å². The van der Waals surface area contributed by atoms with E-state index >= 15 is 0 Å². The highest BCUT2D eigenvalue weighted by Crippen LogP contribution is 2.30. The van der Waals surface area contributed by atoms with Crippen LogP contribution in [0.1, 0.15) is 5.69 Å². The van der Waals surface area contributed by atoms with Gasteiger partial charge in [-0.1, -0.05) is 6.07 Å². The number of aromatic nitrogens is 8. The number of aryl methyl sites for hydroxylation is 1. The Hall–Kier alpha value is -4.53. The first-order valence-corrected chi connectivity index (χ1v) is 10.0. The van der Waals surface area contributed by atoms with Gasteiger partial charge in [0.05, 0.1) is 47.7 Å². The number of benzene rings is 1. The predicted molar refractivity (Wildman–Crippen MR) is 121 cm³/mol. The van der Waals surface area contributed by atoms with Crippen LogP contribution < -0.4 is 4.74 Å². The van der Waals surface area contributed by atoms with Gasteiger partial charge in [-0.05, 0) is 37.3 Å². The molecule has 0 amide bonds. The number of H-pyrrole nitrogens is 2. The van der Waals surface area contributed by atoms with Crippen molar-refractivity contribution in [1.82, 2.24) is 39.7 Å². The predicted octanol–water partition coefficient (Wildman–Crippen LogP) is 4.07. The molecule has 0 radical (unpaired) electrons. The second-order valence-electron chi connectivity index (χ2n) is 7.46. The van der Waals surface area contributed by atoms with Gasteiger partial charge < -0.3 is 14.3 Å². The fourth-order valence-corrected chi connectivity index (χ4v) is 3.79. The molecule has 0 saturated heterocycles. The molecule has 2 N–H and O–H groups in total. The number of hydrogen-bond acceptors (Lipinski definition) is 6. The lowest BCUT2D eigenvalue weighted by Crippen LogP contribution is -1.91. The van der Waals surface area contributed by atoms with Crippen LogP contribution in [0.15, 0.2) is 61.3 Å². The molecule has 0 fully saturated rings. The van der Waals surface area contributed by atoms with E-state index in [4.69, 9.17) is 14.7 Å². The van der Waals surface area contributed by atoms with Crippen LogP contribution in [0.4, 0.5) is 0 Å². The Morgan fingerprint density at radius 3 is 2.78 bits per heavy atom. The molecule has 5 heterocycles. The lowest BCUT2D eigenvalue weighted by Gasteiger charge is -2.03. The molecule has 0 aliphatic heterocycles. The molecule has 0 spiro atoms. The summed E-state index contributed by atoms with van der Waals surface area (Å²) in [6, 6.07) is 11.8. The van der Waals surface area contributed by atoms with E-state index in [0.717, 1.165) is 44.7 Å². The van der Waals surface area contributed by atoms with Gasteiger partial charge in [-0.2, -0.15) is 5.10 Å². The summed E-state index contributed by atoms with van der Waals surface area (Å²) in [6.45, 7) is 1.96. The third-order valence-electron chi connectivity index (χ3n) is 5.36. The number of imidazole rings is 2. The van der Waals surface area contributed by atoms with Gasteiger partial charge in [0.1, 0.15) is 16.8 Å². The van der Waals surface area contributed by atoms with Crippen molar-refractivity contribution in [3.8, 4) is 34.2 Å². The highest BCUT2D eigenvalue weighted by Gasteiger charge is 2.17. The van der Waals surface area contributed by atoms with Crippen molar-refractivity contribution in [3.05, 3.63) is 67.0 Å². The molecule has 6 aromatic rings. The molecule has 0 unspecified atom stereocenters. The topological polar surface area (TPSA) is 110 Å². The third kappa shape index (κ3) is 2.90. The molecular weight excluding hydrogens is 404 g/mol. The Morgan fingerprint density at radius 2 is 1.94 bits per heavy atom. The number of nitrogens with zero attached hydrogens (tertiary/aromatic N) is 6. The van der Waals surface area contributed by atoms with E-state index in [0.29, 0.717) is 17.3 Å². The highest BCUT2D eigenvalue weighted by molar-refractivity contribution is 5.93. The molecule has 9 nitrogen and oxygen atoms in total. The van der Waals surface area contributed by atoms with E-state index in [9.17, 15) is 0 Å². The number of methoxy groups -OCH3 is 1. The molecule has 156 valence electrons. The zero-order valence-corrected chi connectivity index (χ0v) is 17.4. The van der Waals surface area contributed by atoms with Crippen molar-refractivity contribution in [2.45, 2.75) is 6.92 Å². The molecule has 0 aliphatic rings. The van der Waals surface area contributed by atoms with E-state index < -0.39 is 0 Å². The first-order valence-electron chi connectivity index (χ1n) is 10.0. The maximum absolute atomic E-state index is 5.29. The zero-order valence-electron chi connectivity index (χ0n) is 17.4. The largest absolute Gasteiger partial charge is 0.495 e. The first kappa shape index (κ1) is 18.3. The monoisotopic (exact) mass is 422 g/mol. The number of aromatic amines is 2. The van der Waals surface area contributed by atoms with Crippen LogP contribution in [0.3, 0.4) is 0 Å². The van der Waals surface area contributed by atoms with Gasteiger partial charge in [-0.25, -0.2) is 15.0 Å². The zero-order chi connectivity index (χ0) is 21.7. The van der Waals surface area contributed by atoms with E-state index in [1.54, 1.807) is 25.8 Å². The quantitative estimate of drug-likeness (QED) is 0.443. The number of para-hydroxylation sites is 1. The molecule has 9 heteroatoms. The third-order valence-corrected chi connectivity index (χ3v) is 5.36. The summed E-state index contributed by atoms with van der Waals surface area (Å²) in [7, 11) is 1.62. The molecule has 0 saturated carbocycles. The van der Waals surface area contributed by atoms with Gasteiger partial charge in [-0.3, -0.25) is 10.1 Å². The van der Waals surface area contributed by atoms with Crippen molar-refractivity contribution in [2.24, 2.45) is 0 Å². The fraction of sp³-hybridized carbons (Fsp3) is 0.0870. The highest BCUT2D eigenvalue weighted by atomic mass is 16.5. The second-order valence-corrected chi connectivity index (χ2v) is 7.46. The Bertz CT molecular complexity index is 1590. The molecule has 5 aromatic heterocycles. The lowest BCUT2D eigenvalue weighted by molar-refractivity contribution is 0.413. The fourth-order valence-electron chi connectivity index (χ4n) is 3.79. The average molecular weight is 422 g/mol. The Labute approximate surface area is 182 Å². The number of fused-ring (bicyclic) bond motifs is 2. The van der Waals surface area contributed by atoms with E-state index in [1.807, 2.05) is 54.1 Å². The van der Waals surface area contributed by atoms with E-state index in [-0.39, 0.29) is 0 Å². The number of rotatable bonds is 4. The summed E-state index contributed by atoms with van der Waals surface area (Å²) in [4.78, 5) is 21.7. The van der Waals surface area contributed by atoms with Crippen LogP contribution in [0.2, 0.25) is 0 Å². The van der Waals surface area contributed by atoms with Crippen molar-refractivity contribution in [2.75, 3.05) is 7.11 Å². The number of nitrogens with one attached hydrogen (secondary N) is 2. The second kappa shape index (κ2) is 7.02. The molecule has 6 rings (SSSR count). The van der Waals surface area contributed by atoms with Gasteiger partial charge in [0.25, 0.3) is 0 Å². The number of hydrogen-bond donors (Lipinski definition) is 2. The summed E-state index contributed by atoms with van der Waals surface area (Å²) >= 11 is 0. The summed E-state index contributed by atoms with van der Waals surface area (Å²) in [6.07, 6.45) is 7.19. The summed E-state index contributed by atoms with van der Waals surface area (Å²) in [5.41, 5.74) is 7.48. The molecule has 0 bridgehead atoms. The van der Waals surface area contributed by atoms with Gasteiger partial charge in [0.2, 0.25) is 0 Å². The van der Waals surface area contributed by atoms with Crippen LogP contribution in [-0.2, 0) is 0 Å². The van der Waals surface area contributed by atoms with Gasteiger partial charge >= 0.3 is 0 Å². The van der Waals surface area contributed by atoms with Gasteiger partial charge in [0.15, 0.2) is 11.5 Å². The molecule has 0 aliphatic carbocycles. The molecule has 32 heavy (non-hydrogen) atoms. The van der Waals surface area contributed by atoms with E-state index in [1.165, 1.54) is 0 Å². The minimum absolute atomic E-state index is 0.643. The summed E-state index contributed by atoms with van der Waals surface area (Å²) in [5.74, 6) is 1.32. The Balaban J connectivity index is 1.49. The van der Waals surface area contributed by atoms with Crippen LogP contribution >= 0.6 is 0 Å². The number of pyridine rings is 2. The standard InChI is InChI=1S/C23H18N8O/c1-13-11-31(12-25-13)19-5-3-4-17-20(19)28-23(27-17)22-21-18(29-30-22)7-6-16(26-21)14-8-15(32-2)10-24-9-14/h3-12H,1-2H3,(H,27,28)(H,29,30). The van der Waals surface area contributed by atoms with Crippen molar-refractivity contribution < 1.29 is 4.74 Å². The normalized spacial score (nSPS) is 11.4. The van der Waals surface area contributed by atoms with Gasteiger partial charge in [-0.15, -0.1) is 0 Å². The lowest BCUT2D eigenvalue weighted by atomic mass is 10.1. The summed E-state index contributed by atoms with van der Waals surface area (Å²) in [5, 5.41) is 7.55. The molecule has 0 atom stereocenters. The van der Waals surface area contributed by atoms with Gasteiger partial charge in [0, 0.05) is 18.0 Å². The first-order chi connectivity index (χ1) is 15.7. The van der Waals surface area contributed by atoms with Crippen molar-refractivity contribution >= 4 is 22.1 Å². The smallest absolute Gasteiger partial charge is 0.161 e. The minimum atomic E-state index is 0.643. The summed E-state index contributed by atoms with van der Waals surface area (Å²) < 4.78 is 7.26. The van der Waals surface area contributed by atoms with E-state index in [2.05, 4.69) is 25.1 Å². The average Bonchev–Trinajstić information content (AvgIpc) is 3.55. The number of ether oxygens (including phenoxy) is 1. The van der Waals surface area contributed by atoms with Crippen LogP contribution in [-0.4, -0.2) is 46.8 Å². The minimum Gasteiger partial charge on any atom is -0.495 e. The van der Waals surface area contributed by atoms with Crippen LogP contribution in [0, 0.1) is 6.92 Å². The van der Waals surface area contributed by atoms with Crippen LogP contribution in [0.5, 0.6) is 5.75 Å². The Morgan fingerprint density at radius 1 is 1.00 bits per heavy atom. The SMILES string of the molecule is COc1cncc(-c2ccc3[nH]nc(-c4nc5c(-n6cnc(C)c6)cccc5[nH]4)c3n2)c1. The maximum atomic E-state index is 5.29. The maximum Gasteiger partial charge on any atom is 0.161 e. The molecule has 1 aromatic carbocycles. The molecular formula is C23H18N8O. The van der Waals surface area contributed by atoms with Crippen molar-refractivity contribution in [1.29, 1.82) is 0 Å². The van der Waals surface area contributed by atoms with Crippen LogP contribution in [0.25, 0.3) is 50.5 Å².